The predicted octanol–water partition coefficient (Wildman–Crippen LogP) is 1.04. The molecule has 0 fully saturated rings. The largest absolute Gasteiger partial charge is 0.393 e. The number of hydrogen-bond donors (Lipinski definition) is 3. The van der Waals surface area contributed by atoms with Gasteiger partial charge in [0.15, 0.2) is 6.29 Å². The summed E-state index contributed by atoms with van der Waals surface area (Å²) in [6.45, 7) is 2.14. The summed E-state index contributed by atoms with van der Waals surface area (Å²) in [6, 6.07) is 0. The molecule has 3 N–H and O–H groups in total. The quantitative estimate of drug-likeness (QED) is 0.380. The molecule has 0 spiro atoms. The Morgan fingerprint density at radius 2 is 1.60 bits per heavy atom. The smallest absolute Gasteiger partial charge is 0.183 e. The first-order valence-electron chi connectivity index (χ1n) is 5.81. The Morgan fingerprint density at radius 3 is 2.20 bits per heavy atom. The molecule has 4 heteroatoms. The molecule has 0 aromatic rings. The average molecular weight is 220 g/mol. The molecule has 0 radical (unpaired) electrons. The fourth-order valence-electron chi connectivity index (χ4n) is 1.29. The van der Waals surface area contributed by atoms with E-state index in [0.717, 1.165) is 12.8 Å². The fourth-order valence-corrected chi connectivity index (χ4v) is 1.29. The Kier molecular flexibility index (Phi) is 10.3. The Bertz CT molecular complexity index is 130. The van der Waals surface area contributed by atoms with Gasteiger partial charge in [0.25, 0.3) is 0 Å². The van der Waals surface area contributed by atoms with Crippen molar-refractivity contribution in [3.05, 3.63) is 0 Å². The number of rotatable bonds is 10. The standard InChI is InChI=1S/C11H24O4/c1-2-3-4-5-6-7-8-15-11(14)10(13)9-12/h10-14H,2-9H2,1H3. The van der Waals surface area contributed by atoms with Crippen molar-refractivity contribution in [3.8, 4) is 0 Å². The third-order valence-electron chi connectivity index (χ3n) is 2.30. The molecule has 0 aliphatic carbocycles. The van der Waals surface area contributed by atoms with E-state index in [2.05, 4.69) is 6.92 Å². The molecule has 0 heterocycles. The van der Waals surface area contributed by atoms with Crippen LogP contribution in [0.2, 0.25) is 0 Å². The van der Waals surface area contributed by atoms with Crippen LogP contribution in [0.1, 0.15) is 45.4 Å². The first-order chi connectivity index (χ1) is 7.22. The van der Waals surface area contributed by atoms with Crippen LogP contribution < -0.4 is 0 Å². The maximum atomic E-state index is 9.13. The Hall–Kier alpha value is -0.160. The van der Waals surface area contributed by atoms with Crippen LogP contribution in [-0.2, 0) is 4.74 Å². The molecular formula is C11H24O4. The molecule has 0 aromatic carbocycles. The lowest BCUT2D eigenvalue weighted by Gasteiger charge is -2.15. The van der Waals surface area contributed by atoms with E-state index in [1.807, 2.05) is 0 Å². The summed E-state index contributed by atoms with van der Waals surface area (Å²) in [5, 5.41) is 26.6. The van der Waals surface area contributed by atoms with E-state index in [0.29, 0.717) is 6.61 Å². The fraction of sp³-hybridized carbons (Fsp3) is 1.00. The van der Waals surface area contributed by atoms with Crippen LogP contribution in [0.3, 0.4) is 0 Å². The van der Waals surface area contributed by atoms with Gasteiger partial charge >= 0.3 is 0 Å². The molecule has 0 rings (SSSR count). The molecule has 0 aliphatic rings. The first kappa shape index (κ1) is 14.8. The molecule has 0 amide bonds. The van der Waals surface area contributed by atoms with Crippen LogP contribution in [0.25, 0.3) is 0 Å². The minimum atomic E-state index is -1.26. The zero-order valence-corrected chi connectivity index (χ0v) is 9.56. The van der Waals surface area contributed by atoms with Crippen molar-refractivity contribution in [1.82, 2.24) is 0 Å². The lowest BCUT2D eigenvalue weighted by atomic mass is 10.1. The van der Waals surface area contributed by atoms with Gasteiger partial charge in [-0.25, -0.2) is 0 Å². The van der Waals surface area contributed by atoms with Crippen molar-refractivity contribution in [1.29, 1.82) is 0 Å². The topological polar surface area (TPSA) is 69.9 Å². The summed E-state index contributed by atoms with van der Waals surface area (Å²) in [5.74, 6) is 0. The highest BCUT2D eigenvalue weighted by atomic mass is 16.6. The third-order valence-corrected chi connectivity index (χ3v) is 2.30. The van der Waals surface area contributed by atoms with Crippen LogP contribution in [0.4, 0.5) is 0 Å². The highest BCUT2D eigenvalue weighted by molar-refractivity contribution is 4.55. The molecule has 0 saturated carbocycles. The molecule has 2 unspecified atom stereocenters. The van der Waals surface area contributed by atoms with Crippen molar-refractivity contribution in [2.75, 3.05) is 13.2 Å². The van der Waals surface area contributed by atoms with Crippen molar-refractivity contribution in [3.63, 3.8) is 0 Å². The van der Waals surface area contributed by atoms with E-state index >= 15 is 0 Å². The lowest BCUT2D eigenvalue weighted by Crippen LogP contribution is -2.31. The van der Waals surface area contributed by atoms with Crippen LogP contribution in [0.5, 0.6) is 0 Å². The average Bonchev–Trinajstić information content (AvgIpc) is 2.26. The second-order valence-corrected chi connectivity index (χ2v) is 3.78. The summed E-state index contributed by atoms with van der Waals surface area (Å²) in [4.78, 5) is 0. The van der Waals surface area contributed by atoms with Gasteiger partial charge in [0.05, 0.1) is 6.61 Å². The molecular weight excluding hydrogens is 196 g/mol. The lowest BCUT2D eigenvalue weighted by molar-refractivity contribution is -0.171. The van der Waals surface area contributed by atoms with Crippen molar-refractivity contribution in [2.24, 2.45) is 0 Å². The van der Waals surface area contributed by atoms with Crippen LogP contribution in [-0.4, -0.2) is 40.9 Å². The van der Waals surface area contributed by atoms with Gasteiger partial charge in [-0.1, -0.05) is 39.0 Å². The number of aliphatic hydroxyl groups is 3. The van der Waals surface area contributed by atoms with E-state index in [-0.39, 0.29) is 0 Å². The summed E-state index contributed by atoms with van der Waals surface area (Å²) in [5.41, 5.74) is 0. The number of hydrogen-bond acceptors (Lipinski definition) is 4. The van der Waals surface area contributed by atoms with Gasteiger partial charge in [-0.3, -0.25) is 0 Å². The molecule has 2 atom stereocenters. The molecule has 0 saturated heterocycles. The minimum absolute atomic E-state index is 0.435. The minimum Gasteiger partial charge on any atom is -0.393 e. The maximum Gasteiger partial charge on any atom is 0.183 e. The maximum absolute atomic E-state index is 9.13. The van der Waals surface area contributed by atoms with Crippen LogP contribution in [0.15, 0.2) is 0 Å². The zero-order valence-electron chi connectivity index (χ0n) is 9.56. The first-order valence-corrected chi connectivity index (χ1v) is 5.81. The SMILES string of the molecule is CCCCCCCCOC(O)C(O)CO. The second-order valence-electron chi connectivity index (χ2n) is 3.78. The number of ether oxygens (including phenoxy) is 1. The molecule has 4 nitrogen and oxygen atoms in total. The molecule has 0 aliphatic heterocycles. The Morgan fingerprint density at radius 1 is 1.00 bits per heavy atom. The van der Waals surface area contributed by atoms with Crippen LogP contribution >= 0.6 is 0 Å². The van der Waals surface area contributed by atoms with Crippen molar-refractivity contribution < 1.29 is 20.1 Å². The molecule has 0 aromatic heterocycles. The summed E-state index contributed by atoms with van der Waals surface area (Å²) in [6.07, 6.45) is 4.47. The predicted molar refractivity (Wildman–Crippen MR) is 58.4 cm³/mol. The van der Waals surface area contributed by atoms with E-state index in [9.17, 15) is 0 Å². The summed E-state index contributed by atoms with van der Waals surface area (Å²) < 4.78 is 4.95. The van der Waals surface area contributed by atoms with E-state index in [1.165, 1.54) is 25.7 Å². The van der Waals surface area contributed by atoms with Gasteiger partial charge in [-0.2, -0.15) is 0 Å². The highest BCUT2D eigenvalue weighted by Gasteiger charge is 2.14. The normalized spacial score (nSPS) is 15.2. The molecule has 92 valence electrons. The van der Waals surface area contributed by atoms with E-state index in [4.69, 9.17) is 20.1 Å². The molecule has 0 bridgehead atoms. The van der Waals surface area contributed by atoms with E-state index in [1.54, 1.807) is 0 Å². The highest BCUT2D eigenvalue weighted by Crippen LogP contribution is 2.05. The van der Waals surface area contributed by atoms with Gasteiger partial charge in [-0.05, 0) is 6.42 Å². The van der Waals surface area contributed by atoms with Gasteiger partial charge in [0, 0.05) is 6.61 Å². The zero-order chi connectivity index (χ0) is 11.5. The monoisotopic (exact) mass is 220 g/mol. The van der Waals surface area contributed by atoms with E-state index < -0.39 is 19.0 Å². The van der Waals surface area contributed by atoms with Gasteiger partial charge < -0.3 is 20.1 Å². The number of aliphatic hydroxyl groups excluding tert-OH is 3. The number of unbranched alkanes of at least 4 members (excludes halogenated alkanes) is 5. The van der Waals surface area contributed by atoms with Crippen molar-refractivity contribution in [2.45, 2.75) is 57.8 Å². The summed E-state index contributed by atoms with van der Waals surface area (Å²) in [7, 11) is 0. The Balaban J connectivity index is 3.16. The van der Waals surface area contributed by atoms with Gasteiger partial charge in [-0.15, -0.1) is 0 Å². The van der Waals surface area contributed by atoms with Gasteiger partial charge in [0.1, 0.15) is 6.10 Å². The third kappa shape index (κ3) is 8.81. The second kappa shape index (κ2) is 10.4. The van der Waals surface area contributed by atoms with Crippen molar-refractivity contribution >= 4 is 0 Å². The summed E-state index contributed by atoms with van der Waals surface area (Å²) >= 11 is 0. The Labute approximate surface area is 91.9 Å². The van der Waals surface area contributed by atoms with Crippen LogP contribution in [0, 0.1) is 0 Å². The van der Waals surface area contributed by atoms with Gasteiger partial charge in [0.2, 0.25) is 0 Å². The molecule has 15 heavy (non-hydrogen) atoms.